The van der Waals surface area contributed by atoms with E-state index in [1.54, 1.807) is 30.3 Å². The number of hydrogen-bond donors (Lipinski definition) is 0. The van der Waals surface area contributed by atoms with Crippen molar-refractivity contribution >= 4 is 5.97 Å². The molecule has 26 heavy (non-hydrogen) atoms. The van der Waals surface area contributed by atoms with E-state index in [0.29, 0.717) is 5.56 Å². The van der Waals surface area contributed by atoms with Gasteiger partial charge in [-0.15, -0.1) is 0 Å². The molecule has 0 aliphatic carbocycles. The van der Waals surface area contributed by atoms with Gasteiger partial charge in [-0.2, -0.15) is 5.26 Å². The Bertz CT molecular complexity index is 974. The number of carbonyl (C=O) groups is 1. The minimum atomic E-state index is -0.727. The number of aryl methyl sites for hydroxylation is 1. The molecule has 5 heteroatoms. The molecule has 0 radical (unpaired) electrons. The van der Waals surface area contributed by atoms with Crippen molar-refractivity contribution < 1.29 is 13.9 Å². The Morgan fingerprint density at radius 3 is 2.50 bits per heavy atom. The Hall–Kier alpha value is -3.52. The maximum absolute atomic E-state index is 13.6. The van der Waals surface area contributed by atoms with Gasteiger partial charge in [-0.1, -0.05) is 25.1 Å². The Labute approximate surface area is 150 Å². The SMILES string of the molecule is CCc1ccc(-c2ccc(C(=O)Oc3ccc(C#N)c(F)c3)cc2)nc1. The van der Waals surface area contributed by atoms with Gasteiger partial charge in [0, 0.05) is 17.8 Å². The molecule has 4 nitrogen and oxygen atoms in total. The number of nitrogens with zero attached hydrogens (tertiary/aromatic N) is 2. The van der Waals surface area contributed by atoms with Crippen molar-refractivity contribution in [3.63, 3.8) is 0 Å². The molecule has 3 aromatic rings. The summed E-state index contributed by atoms with van der Waals surface area (Å²) < 4.78 is 18.7. The highest BCUT2D eigenvalue weighted by Crippen LogP contribution is 2.20. The maximum atomic E-state index is 13.6. The molecule has 0 bridgehead atoms. The summed E-state index contributed by atoms with van der Waals surface area (Å²) >= 11 is 0. The normalized spacial score (nSPS) is 10.2. The Kier molecular flexibility index (Phi) is 5.04. The number of rotatable bonds is 4. The second-order valence-electron chi connectivity index (χ2n) is 5.63. The average molecular weight is 346 g/mol. The summed E-state index contributed by atoms with van der Waals surface area (Å²) in [5.74, 6) is -1.28. The van der Waals surface area contributed by atoms with Gasteiger partial charge in [-0.25, -0.2) is 9.18 Å². The Balaban J connectivity index is 1.74. The molecule has 0 N–H and O–H groups in total. The van der Waals surface area contributed by atoms with E-state index in [2.05, 4.69) is 11.9 Å². The fourth-order valence-corrected chi connectivity index (χ4v) is 2.40. The molecule has 0 atom stereocenters. The number of aromatic nitrogens is 1. The molecule has 0 saturated heterocycles. The van der Waals surface area contributed by atoms with Crippen LogP contribution in [0.1, 0.15) is 28.4 Å². The van der Waals surface area contributed by atoms with Crippen molar-refractivity contribution in [2.24, 2.45) is 0 Å². The predicted molar refractivity (Wildman–Crippen MR) is 95.1 cm³/mol. The lowest BCUT2D eigenvalue weighted by atomic mass is 10.1. The molecule has 0 saturated carbocycles. The molecule has 0 unspecified atom stereocenters. The molecule has 0 aliphatic heterocycles. The minimum absolute atomic E-state index is 0.0485. The Morgan fingerprint density at radius 2 is 1.92 bits per heavy atom. The van der Waals surface area contributed by atoms with Gasteiger partial charge in [0.25, 0.3) is 0 Å². The fraction of sp³-hybridized carbons (Fsp3) is 0.0952. The molecule has 0 spiro atoms. The first-order chi connectivity index (χ1) is 12.6. The van der Waals surface area contributed by atoms with Gasteiger partial charge in [-0.05, 0) is 42.3 Å². The van der Waals surface area contributed by atoms with Crippen LogP contribution in [0.25, 0.3) is 11.3 Å². The van der Waals surface area contributed by atoms with E-state index >= 15 is 0 Å². The molecule has 0 fully saturated rings. The van der Waals surface area contributed by atoms with Gasteiger partial charge in [0.2, 0.25) is 0 Å². The maximum Gasteiger partial charge on any atom is 0.343 e. The molecular weight excluding hydrogens is 331 g/mol. The number of hydrogen-bond acceptors (Lipinski definition) is 4. The summed E-state index contributed by atoms with van der Waals surface area (Å²) in [5, 5.41) is 8.72. The number of halogens is 1. The number of benzene rings is 2. The van der Waals surface area contributed by atoms with Crippen LogP contribution in [0.15, 0.2) is 60.8 Å². The second kappa shape index (κ2) is 7.58. The van der Waals surface area contributed by atoms with E-state index in [4.69, 9.17) is 10.00 Å². The third-order valence-electron chi connectivity index (χ3n) is 3.92. The van der Waals surface area contributed by atoms with Gasteiger partial charge in [0.15, 0.2) is 0 Å². The molecule has 3 rings (SSSR count). The first-order valence-corrected chi connectivity index (χ1v) is 8.08. The topological polar surface area (TPSA) is 63.0 Å². The largest absolute Gasteiger partial charge is 0.423 e. The smallest absolute Gasteiger partial charge is 0.343 e. The summed E-state index contributed by atoms with van der Waals surface area (Å²) in [7, 11) is 0. The zero-order valence-electron chi connectivity index (χ0n) is 14.1. The van der Waals surface area contributed by atoms with Crippen LogP contribution < -0.4 is 4.74 Å². The lowest BCUT2D eigenvalue weighted by Crippen LogP contribution is -2.08. The summed E-state index contributed by atoms with van der Waals surface area (Å²) in [6.07, 6.45) is 2.75. The van der Waals surface area contributed by atoms with E-state index in [1.807, 2.05) is 18.3 Å². The number of carbonyl (C=O) groups excluding carboxylic acids is 1. The van der Waals surface area contributed by atoms with Gasteiger partial charge in [0.1, 0.15) is 17.6 Å². The van der Waals surface area contributed by atoms with Gasteiger partial charge < -0.3 is 4.74 Å². The van der Waals surface area contributed by atoms with E-state index in [9.17, 15) is 9.18 Å². The van der Waals surface area contributed by atoms with Gasteiger partial charge in [0.05, 0.1) is 16.8 Å². The average Bonchev–Trinajstić information content (AvgIpc) is 2.68. The van der Waals surface area contributed by atoms with Crippen molar-refractivity contribution in [1.29, 1.82) is 5.26 Å². The molecule has 0 amide bonds. The molecule has 1 heterocycles. The van der Waals surface area contributed by atoms with E-state index in [0.717, 1.165) is 29.3 Å². The quantitative estimate of drug-likeness (QED) is 0.514. The van der Waals surface area contributed by atoms with Gasteiger partial charge in [-0.3, -0.25) is 4.98 Å². The van der Waals surface area contributed by atoms with Crippen LogP contribution in [0.3, 0.4) is 0 Å². The van der Waals surface area contributed by atoms with Crippen LogP contribution in [-0.2, 0) is 6.42 Å². The third kappa shape index (κ3) is 3.76. The highest BCUT2D eigenvalue weighted by molar-refractivity contribution is 5.91. The van der Waals surface area contributed by atoms with E-state index < -0.39 is 11.8 Å². The van der Waals surface area contributed by atoms with Crippen LogP contribution in [0.2, 0.25) is 0 Å². The molecular formula is C21H15FN2O2. The summed E-state index contributed by atoms with van der Waals surface area (Å²) in [4.78, 5) is 16.6. The highest BCUT2D eigenvalue weighted by Gasteiger charge is 2.11. The lowest BCUT2D eigenvalue weighted by Gasteiger charge is -2.06. The standard InChI is InChI=1S/C21H15FN2O2/c1-2-14-3-10-20(24-13-14)15-4-6-16(7-5-15)21(25)26-18-9-8-17(12-23)19(22)11-18/h3-11,13H,2H2,1H3. The van der Waals surface area contributed by atoms with Crippen molar-refractivity contribution in [3.8, 4) is 23.1 Å². The van der Waals surface area contributed by atoms with Crippen LogP contribution in [-0.4, -0.2) is 11.0 Å². The van der Waals surface area contributed by atoms with Crippen LogP contribution in [0.5, 0.6) is 5.75 Å². The van der Waals surface area contributed by atoms with Crippen LogP contribution in [0.4, 0.5) is 4.39 Å². The molecule has 2 aromatic carbocycles. The minimum Gasteiger partial charge on any atom is -0.423 e. The molecule has 1 aromatic heterocycles. The van der Waals surface area contributed by atoms with Crippen molar-refractivity contribution in [3.05, 3.63) is 83.3 Å². The zero-order valence-corrected chi connectivity index (χ0v) is 14.1. The second-order valence-corrected chi connectivity index (χ2v) is 5.63. The number of pyridine rings is 1. The molecule has 128 valence electrons. The number of esters is 1. The van der Waals surface area contributed by atoms with Gasteiger partial charge >= 0.3 is 5.97 Å². The molecule has 0 aliphatic rings. The van der Waals surface area contributed by atoms with Crippen molar-refractivity contribution in [2.45, 2.75) is 13.3 Å². The van der Waals surface area contributed by atoms with Crippen LogP contribution in [0, 0.1) is 17.1 Å². The van der Waals surface area contributed by atoms with Crippen molar-refractivity contribution in [1.82, 2.24) is 4.98 Å². The predicted octanol–water partition coefficient (Wildman–Crippen LogP) is 4.54. The fourth-order valence-electron chi connectivity index (χ4n) is 2.40. The zero-order chi connectivity index (χ0) is 18.5. The summed E-state index contributed by atoms with van der Waals surface area (Å²) in [6.45, 7) is 2.07. The first-order valence-electron chi connectivity index (χ1n) is 8.08. The summed E-state index contributed by atoms with van der Waals surface area (Å²) in [6, 6.07) is 16.2. The highest BCUT2D eigenvalue weighted by atomic mass is 19.1. The monoisotopic (exact) mass is 346 g/mol. The van der Waals surface area contributed by atoms with E-state index in [1.165, 1.54) is 12.1 Å². The summed E-state index contributed by atoms with van der Waals surface area (Å²) in [5.41, 5.74) is 3.09. The number of ether oxygens (including phenoxy) is 1. The Morgan fingerprint density at radius 1 is 1.15 bits per heavy atom. The van der Waals surface area contributed by atoms with Crippen LogP contribution >= 0.6 is 0 Å². The lowest BCUT2D eigenvalue weighted by molar-refractivity contribution is 0.0734. The van der Waals surface area contributed by atoms with Crippen molar-refractivity contribution in [2.75, 3.05) is 0 Å². The van der Waals surface area contributed by atoms with E-state index in [-0.39, 0.29) is 11.3 Å². The number of nitriles is 1. The first kappa shape index (κ1) is 17.3. The third-order valence-corrected chi connectivity index (χ3v) is 3.92.